The van der Waals surface area contributed by atoms with Crippen LogP contribution in [0.15, 0.2) is 30.3 Å². The lowest BCUT2D eigenvalue weighted by atomic mass is 9.89. The first kappa shape index (κ1) is 9.21. The molecule has 0 N–H and O–H groups in total. The van der Waals surface area contributed by atoms with E-state index in [0.717, 1.165) is 0 Å². The van der Waals surface area contributed by atoms with Gasteiger partial charge in [-0.1, -0.05) is 30.3 Å². The average Bonchev–Trinajstić information content (AvgIpc) is 3.01. The lowest BCUT2D eigenvalue weighted by Gasteiger charge is -2.02. The molecule has 1 saturated heterocycles. The van der Waals surface area contributed by atoms with Crippen LogP contribution < -0.4 is 0 Å². The highest BCUT2D eigenvalue weighted by Crippen LogP contribution is 2.54. The highest BCUT2D eigenvalue weighted by atomic mass is 16.6. The second-order valence-electron chi connectivity index (χ2n) is 3.17. The lowest BCUT2D eigenvalue weighted by Crippen LogP contribution is -2.19. The van der Waals surface area contributed by atoms with Gasteiger partial charge in [-0.2, -0.15) is 15.8 Å². The Bertz CT molecular complexity index is 503. The molecule has 1 fully saturated rings. The van der Waals surface area contributed by atoms with Crippen LogP contribution in [0, 0.1) is 34.0 Å². The van der Waals surface area contributed by atoms with Gasteiger partial charge < -0.3 is 4.74 Å². The highest BCUT2D eigenvalue weighted by molar-refractivity contribution is 5.51. The molecule has 0 bridgehead atoms. The molecule has 1 aromatic carbocycles. The number of rotatable bonds is 1. The zero-order chi connectivity index (χ0) is 10.9. The molecule has 0 radical (unpaired) electrons. The Hall–Kier alpha value is -2.35. The first-order valence-corrected chi connectivity index (χ1v) is 4.24. The van der Waals surface area contributed by atoms with Gasteiger partial charge in [-0.25, -0.2) is 0 Å². The third-order valence-corrected chi connectivity index (χ3v) is 2.41. The van der Waals surface area contributed by atoms with Crippen molar-refractivity contribution in [3.05, 3.63) is 35.9 Å². The van der Waals surface area contributed by atoms with Gasteiger partial charge in [0.2, 0.25) is 5.60 Å². The molecule has 1 heterocycles. The topological polar surface area (TPSA) is 83.9 Å². The molecule has 0 aliphatic carbocycles. The summed E-state index contributed by atoms with van der Waals surface area (Å²) in [7, 11) is 0. The van der Waals surface area contributed by atoms with Crippen molar-refractivity contribution in [1.82, 2.24) is 0 Å². The summed E-state index contributed by atoms with van der Waals surface area (Å²) in [5, 5.41) is 26.7. The molecule has 1 atom stereocenters. The Labute approximate surface area is 86.5 Å². The zero-order valence-electron chi connectivity index (χ0n) is 7.64. The second-order valence-corrected chi connectivity index (χ2v) is 3.17. The number of hydrogen-bond donors (Lipinski definition) is 0. The predicted octanol–water partition coefficient (Wildman–Crippen LogP) is 1.22. The zero-order valence-corrected chi connectivity index (χ0v) is 7.64. The summed E-state index contributed by atoms with van der Waals surface area (Å²) >= 11 is 0. The van der Waals surface area contributed by atoms with Gasteiger partial charge in [-0.15, -0.1) is 0 Å². The monoisotopic (exact) mass is 195 g/mol. The number of epoxide rings is 1. The maximum atomic E-state index is 9.03. The van der Waals surface area contributed by atoms with Crippen LogP contribution in [0.25, 0.3) is 0 Å². The lowest BCUT2D eigenvalue weighted by molar-refractivity contribution is 0.334. The number of hydrogen-bond acceptors (Lipinski definition) is 4. The SMILES string of the molecule is N#CC1(C#N)OC1(C#N)c1ccccc1. The van der Waals surface area contributed by atoms with E-state index in [4.69, 9.17) is 20.5 Å². The molecule has 0 amide bonds. The Morgan fingerprint density at radius 2 is 1.53 bits per heavy atom. The molecule has 70 valence electrons. The standard InChI is InChI=1S/C11H5N3O/c12-6-10(7-13)11(8-14,15-10)9-4-2-1-3-5-9/h1-5H. The summed E-state index contributed by atoms with van der Waals surface area (Å²) in [6.45, 7) is 0. The van der Waals surface area contributed by atoms with Crippen LogP contribution in [0.2, 0.25) is 0 Å². The first-order chi connectivity index (χ1) is 7.24. The third-order valence-electron chi connectivity index (χ3n) is 2.41. The molecule has 1 aliphatic heterocycles. The third kappa shape index (κ3) is 0.958. The van der Waals surface area contributed by atoms with E-state index in [1.54, 1.807) is 42.5 Å². The minimum Gasteiger partial charge on any atom is -0.313 e. The van der Waals surface area contributed by atoms with Crippen molar-refractivity contribution >= 4 is 0 Å². The van der Waals surface area contributed by atoms with Gasteiger partial charge in [-0.3, -0.25) is 0 Å². The van der Waals surface area contributed by atoms with Crippen molar-refractivity contribution in [3.63, 3.8) is 0 Å². The van der Waals surface area contributed by atoms with Crippen LogP contribution in [0.5, 0.6) is 0 Å². The predicted molar refractivity (Wildman–Crippen MR) is 48.8 cm³/mol. The van der Waals surface area contributed by atoms with E-state index >= 15 is 0 Å². The van der Waals surface area contributed by atoms with Gasteiger partial charge in [0.25, 0.3) is 5.60 Å². The molecule has 2 rings (SSSR count). The van der Waals surface area contributed by atoms with E-state index in [1.807, 2.05) is 6.07 Å². The number of nitriles is 3. The smallest absolute Gasteiger partial charge is 0.290 e. The summed E-state index contributed by atoms with van der Waals surface area (Å²) in [5.41, 5.74) is -2.53. The van der Waals surface area contributed by atoms with Gasteiger partial charge in [-0.05, 0) is 0 Å². The number of ether oxygens (including phenoxy) is 1. The van der Waals surface area contributed by atoms with E-state index < -0.39 is 11.2 Å². The van der Waals surface area contributed by atoms with E-state index in [-0.39, 0.29) is 0 Å². The maximum Gasteiger partial charge on any atom is 0.290 e. The molecule has 1 aliphatic rings. The molecule has 0 saturated carbocycles. The minimum atomic E-state index is -1.65. The Kier molecular flexibility index (Phi) is 1.73. The fourth-order valence-corrected chi connectivity index (χ4v) is 1.53. The maximum absolute atomic E-state index is 9.03. The first-order valence-electron chi connectivity index (χ1n) is 4.24. The van der Waals surface area contributed by atoms with Crippen LogP contribution in [-0.2, 0) is 10.3 Å². The van der Waals surface area contributed by atoms with Crippen molar-refractivity contribution in [3.8, 4) is 18.2 Å². The van der Waals surface area contributed by atoms with Gasteiger partial charge in [0.15, 0.2) is 0 Å². The summed E-state index contributed by atoms with van der Waals surface area (Å²) < 4.78 is 5.04. The normalized spacial score (nSPS) is 25.7. The van der Waals surface area contributed by atoms with E-state index in [1.165, 1.54) is 0 Å². The van der Waals surface area contributed by atoms with Crippen molar-refractivity contribution in [2.75, 3.05) is 0 Å². The fraction of sp³-hybridized carbons (Fsp3) is 0.182. The summed E-state index contributed by atoms with van der Waals surface area (Å²) in [4.78, 5) is 0. The van der Waals surface area contributed by atoms with Crippen LogP contribution >= 0.6 is 0 Å². The van der Waals surface area contributed by atoms with Gasteiger partial charge in [0, 0.05) is 5.56 Å². The van der Waals surface area contributed by atoms with E-state index in [0.29, 0.717) is 5.56 Å². The Balaban J connectivity index is 2.53. The van der Waals surface area contributed by atoms with Crippen LogP contribution in [0.3, 0.4) is 0 Å². The van der Waals surface area contributed by atoms with Crippen LogP contribution in [0.1, 0.15) is 5.56 Å². The quantitative estimate of drug-likeness (QED) is 0.630. The highest BCUT2D eigenvalue weighted by Gasteiger charge is 2.75. The molecule has 4 nitrogen and oxygen atoms in total. The molecule has 4 heteroatoms. The number of nitrogens with zero attached hydrogens (tertiary/aromatic N) is 3. The van der Waals surface area contributed by atoms with Crippen molar-refractivity contribution in [1.29, 1.82) is 15.8 Å². The summed E-state index contributed by atoms with van der Waals surface area (Å²) in [6.07, 6.45) is 0. The van der Waals surface area contributed by atoms with Crippen molar-refractivity contribution < 1.29 is 4.74 Å². The van der Waals surface area contributed by atoms with Gasteiger partial charge in [0.1, 0.15) is 18.2 Å². The molecule has 1 unspecified atom stereocenters. The Morgan fingerprint density at radius 1 is 0.933 bits per heavy atom. The molecular formula is C11H5N3O. The molecular weight excluding hydrogens is 190 g/mol. The van der Waals surface area contributed by atoms with E-state index in [9.17, 15) is 0 Å². The minimum absolute atomic E-state index is 0.538. The Morgan fingerprint density at radius 3 is 1.93 bits per heavy atom. The second kappa shape index (κ2) is 2.82. The fourth-order valence-electron chi connectivity index (χ4n) is 1.53. The largest absolute Gasteiger partial charge is 0.313 e. The molecule has 15 heavy (non-hydrogen) atoms. The van der Waals surface area contributed by atoms with Crippen molar-refractivity contribution in [2.24, 2.45) is 0 Å². The van der Waals surface area contributed by atoms with Gasteiger partial charge in [0.05, 0.1) is 0 Å². The average molecular weight is 195 g/mol. The summed E-state index contributed by atoms with van der Waals surface area (Å²) in [5.74, 6) is 0. The molecule has 0 aromatic heterocycles. The van der Waals surface area contributed by atoms with E-state index in [2.05, 4.69) is 0 Å². The molecule has 0 spiro atoms. The van der Waals surface area contributed by atoms with Crippen LogP contribution in [-0.4, -0.2) is 5.60 Å². The van der Waals surface area contributed by atoms with Gasteiger partial charge >= 0.3 is 0 Å². The number of benzene rings is 1. The summed E-state index contributed by atoms with van der Waals surface area (Å²) in [6, 6.07) is 14.0. The molecule has 1 aromatic rings. The van der Waals surface area contributed by atoms with Crippen molar-refractivity contribution in [2.45, 2.75) is 11.2 Å². The van der Waals surface area contributed by atoms with Crippen LogP contribution in [0.4, 0.5) is 0 Å².